The summed E-state index contributed by atoms with van der Waals surface area (Å²) >= 11 is 3.19. The van der Waals surface area contributed by atoms with Crippen molar-refractivity contribution in [2.45, 2.75) is 20.3 Å². The maximum atomic E-state index is 13.5. The van der Waals surface area contributed by atoms with E-state index in [1.165, 1.54) is 6.07 Å². The van der Waals surface area contributed by atoms with Gasteiger partial charge in [-0.1, -0.05) is 6.92 Å². The zero-order chi connectivity index (χ0) is 10.6. The van der Waals surface area contributed by atoms with Crippen molar-refractivity contribution in [3.63, 3.8) is 0 Å². The Kier molecular flexibility index (Phi) is 4.32. The van der Waals surface area contributed by atoms with Crippen LogP contribution in [0.15, 0.2) is 16.7 Å². The van der Waals surface area contributed by atoms with Crippen LogP contribution in [0, 0.1) is 5.82 Å². The van der Waals surface area contributed by atoms with E-state index < -0.39 is 0 Å². The normalized spacial score (nSPS) is 10.3. The predicted molar refractivity (Wildman–Crippen MR) is 60.1 cm³/mol. The lowest BCUT2D eigenvalue weighted by Gasteiger charge is -2.21. The topological polar surface area (TPSA) is 16.1 Å². The summed E-state index contributed by atoms with van der Waals surface area (Å²) in [4.78, 5) is 6.00. The van der Waals surface area contributed by atoms with Crippen molar-refractivity contribution < 1.29 is 4.39 Å². The first-order valence-corrected chi connectivity index (χ1v) is 5.54. The largest absolute Gasteiger partial charge is 0.354 e. The highest BCUT2D eigenvalue weighted by molar-refractivity contribution is 9.10. The number of pyridine rings is 1. The van der Waals surface area contributed by atoms with Crippen molar-refractivity contribution in [3.8, 4) is 0 Å². The van der Waals surface area contributed by atoms with Crippen molar-refractivity contribution in [1.82, 2.24) is 4.98 Å². The molecule has 0 amide bonds. The molecule has 0 aliphatic rings. The molecule has 0 radical (unpaired) electrons. The molecule has 0 aliphatic heterocycles. The molecule has 0 unspecified atom stereocenters. The average molecular weight is 261 g/mol. The lowest BCUT2D eigenvalue weighted by Crippen LogP contribution is -2.25. The van der Waals surface area contributed by atoms with Gasteiger partial charge in [-0.2, -0.15) is 0 Å². The summed E-state index contributed by atoms with van der Waals surface area (Å²) in [5.41, 5.74) is 0. The summed E-state index contributed by atoms with van der Waals surface area (Å²) in [5.74, 6) is 0.173. The summed E-state index contributed by atoms with van der Waals surface area (Å²) in [6.45, 7) is 5.68. The second-order valence-electron chi connectivity index (χ2n) is 3.04. The quantitative estimate of drug-likeness (QED) is 0.827. The standard InChI is InChI=1S/C10H14BrFN2/c1-3-5-14(4-2)10-9(12)6-8(11)7-13-10/h6-7H,3-5H2,1-2H3. The SMILES string of the molecule is CCCN(CC)c1ncc(Br)cc1F. The third-order valence-corrected chi connectivity index (χ3v) is 2.40. The van der Waals surface area contributed by atoms with E-state index in [0.29, 0.717) is 10.3 Å². The zero-order valence-corrected chi connectivity index (χ0v) is 10.0. The van der Waals surface area contributed by atoms with Gasteiger partial charge in [0.1, 0.15) is 0 Å². The second-order valence-corrected chi connectivity index (χ2v) is 3.95. The van der Waals surface area contributed by atoms with Gasteiger partial charge in [0.15, 0.2) is 11.6 Å². The molecule has 0 fully saturated rings. The van der Waals surface area contributed by atoms with Gasteiger partial charge in [0.2, 0.25) is 0 Å². The van der Waals surface area contributed by atoms with E-state index in [9.17, 15) is 4.39 Å². The Balaban J connectivity index is 2.92. The Morgan fingerprint density at radius 2 is 2.21 bits per heavy atom. The van der Waals surface area contributed by atoms with Gasteiger partial charge in [-0.25, -0.2) is 9.37 Å². The van der Waals surface area contributed by atoms with Crippen molar-refractivity contribution in [2.24, 2.45) is 0 Å². The maximum Gasteiger partial charge on any atom is 0.166 e. The van der Waals surface area contributed by atoms with Gasteiger partial charge < -0.3 is 4.90 Å². The Morgan fingerprint density at radius 1 is 1.50 bits per heavy atom. The lowest BCUT2D eigenvalue weighted by molar-refractivity contribution is 0.607. The highest BCUT2D eigenvalue weighted by Crippen LogP contribution is 2.19. The van der Waals surface area contributed by atoms with Crippen LogP contribution < -0.4 is 4.90 Å². The number of hydrogen-bond acceptors (Lipinski definition) is 2. The van der Waals surface area contributed by atoms with Crippen LogP contribution in [0.5, 0.6) is 0 Å². The first-order valence-electron chi connectivity index (χ1n) is 4.75. The van der Waals surface area contributed by atoms with Crippen LogP contribution in [0.3, 0.4) is 0 Å². The van der Waals surface area contributed by atoms with Crippen LogP contribution in [-0.2, 0) is 0 Å². The van der Waals surface area contributed by atoms with E-state index >= 15 is 0 Å². The summed E-state index contributed by atoms with van der Waals surface area (Å²) in [6.07, 6.45) is 2.61. The zero-order valence-electron chi connectivity index (χ0n) is 8.43. The average Bonchev–Trinajstić information content (AvgIpc) is 2.15. The van der Waals surface area contributed by atoms with E-state index in [2.05, 4.69) is 27.8 Å². The van der Waals surface area contributed by atoms with Crippen molar-refractivity contribution in [1.29, 1.82) is 0 Å². The summed E-state index contributed by atoms with van der Waals surface area (Å²) in [5, 5.41) is 0. The highest BCUT2D eigenvalue weighted by atomic mass is 79.9. The number of anilines is 1. The summed E-state index contributed by atoms with van der Waals surface area (Å²) < 4.78 is 14.1. The van der Waals surface area contributed by atoms with Crippen LogP contribution in [0.2, 0.25) is 0 Å². The molecule has 2 nitrogen and oxygen atoms in total. The lowest BCUT2D eigenvalue weighted by atomic mass is 10.3. The van der Waals surface area contributed by atoms with E-state index in [4.69, 9.17) is 0 Å². The Labute approximate surface area is 92.3 Å². The van der Waals surface area contributed by atoms with E-state index in [1.807, 2.05) is 11.8 Å². The Morgan fingerprint density at radius 3 is 2.71 bits per heavy atom. The minimum Gasteiger partial charge on any atom is -0.354 e. The molecule has 1 aromatic heterocycles. The van der Waals surface area contributed by atoms with Gasteiger partial charge in [-0.05, 0) is 35.3 Å². The highest BCUT2D eigenvalue weighted by Gasteiger charge is 2.10. The summed E-state index contributed by atoms with van der Waals surface area (Å²) in [6, 6.07) is 1.45. The van der Waals surface area contributed by atoms with Gasteiger partial charge in [0, 0.05) is 23.8 Å². The molecule has 0 N–H and O–H groups in total. The first-order chi connectivity index (χ1) is 6.69. The van der Waals surface area contributed by atoms with Gasteiger partial charge in [-0.15, -0.1) is 0 Å². The third-order valence-electron chi connectivity index (χ3n) is 1.96. The van der Waals surface area contributed by atoms with Crippen molar-refractivity contribution in [2.75, 3.05) is 18.0 Å². The number of nitrogens with zero attached hydrogens (tertiary/aromatic N) is 2. The van der Waals surface area contributed by atoms with Crippen molar-refractivity contribution >= 4 is 21.7 Å². The van der Waals surface area contributed by atoms with Crippen LogP contribution in [-0.4, -0.2) is 18.1 Å². The van der Waals surface area contributed by atoms with Crippen LogP contribution >= 0.6 is 15.9 Å². The molecular formula is C10H14BrFN2. The fourth-order valence-corrected chi connectivity index (χ4v) is 1.63. The minimum atomic E-state index is -0.269. The molecule has 4 heteroatoms. The molecule has 1 rings (SSSR count). The molecule has 0 atom stereocenters. The molecule has 0 aromatic carbocycles. The number of hydrogen-bond donors (Lipinski definition) is 0. The summed E-state index contributed by atoms with van der Waals surface area (Å²) in [7, 11) is 0. The molecule has 0 saturated carbocycles. The molecule has 0 aliphatic carbocycles. The third kappa shape index (κ3) is 2.67. The maximum absolute atomic E-state index is 13.5. The van der Waals surface area contributed by atoms with Gasteiger partial charge in [-0.3, -0.25) is 0 Å². The Hall–Kier alpha value is -0.640. The number of aromatic nitrogens is 1. The number of rotatable bonds is 4. The molecule has 14 heavy (non-hydrogen) atoms. The van der Waals surface area contributed by atoms with Crippen LogP contribution in [0.25, 0.3) is 0 Å². The molecule has 0 spiro atoms. The smallest absolute Gasteiger partial charge is 0.166 e. The monoisotopic (exact) mass is 260 g/mol. The molecule has 1 heterocycles. The molecule has 0 bridgehead atoms. The number of halogens is 2. The minimum absolute atomic E-state index is 0.269. The molecule has 1 aromatic rings. The van der Waals surface area contributed by atoms with E-state index in [-0.39, 0.29) is 5.82 Å². The van der Waals surface area contributed by atoms with Crippen LogP contribution in [0.1, 0.15) is 20.3 Å². The second kappa shape index (κ2) is 5.29. The fourth-order valence-electron chi connectivity index (χ4n) is 1.32. The van der Waals surface area contributed by atoms with Gasteiger partial charge in [0.25, 0.3) is 0 Å². The van der Waals surface area contributed by atoms with Gasteiger partial charge in [0.05, 0.1) is 0 Å². The fraction of sp³-hybridized carbons (Fsp3) is 0.500. The van der Waals surface area contributed by atoms with Crippen LogP contribution in [0.4, 0.5) is 10.2 Å². The van der Waals surface area contributed by atoms with E-state index in [1.54, 1.807) is 6.20 Å². The molecular weight excluding hydrogens is 247 g/mol. The molecule has 0 saturated heterocycles. The van der Waals surface area contributed by atoms with Gasteiger partial charge >= 0.3 is 0 Å². The predicted octanol–water partition coefficient (Wildman–Crippen LogP) is 3.22. The first kappa shape index (κ1) is 11.4. The molecule has 78 valence electrons. The van der Waals surface area contributed by atoms with Crippen molar-refractivity contribution in [3.05, 3.63) is 22.6 Å². The Bertz CT molecular complexity index is 304. The van der Waals surface area contributed by atoms with E-state index in [0.717, 1.165) is 19.5 Å².